The quantitative estimate of drug-likeness (QED) is 0.861. The van der Waals surface area contributed by atoms with Crippen molar-refractivity contribution in [3.8, 4) is 0 Å². The summed E-state index contributed by atoms with van der Waals surface area (Å²) in [6.45, 7) is 0. The van der Waals surface area contributed by atoms with E-state index in [4.69, 9.17) is 11.6 Å². The van der Waals surface area contributed by atoms with Crippen molar-refractivity contribution >= 4 is 17.3 Å². The summed E-state index contributed by atoms with van der Waals surface area (Å²) in [6, 6.07) is 3.46. The highest BCUT2D eigenvalue weighted by Gasteiger charge is 2.31. The molecule has 1 aliphatic rings. The molecule has 0 bridgehead atoms. The monoisotopic (exact) mass is 293 g/mol. The molecular formula is C13H15ClF3NO. The number of halogens is 4. The van der Waals surface area contributed by atoms with Crippen LogP contribution in [0.25, 0.3) is 0 Å². The van der Waals surface area contributed by atoms with Gasteiger partial charge < -0.3 is 10.4 Å². The Morgan fingerprint density at radius 1 is 1.16 bits per heavy atom. The zero-order chi connectivity index (χ0) is 14.0. The van der Waals surface area contributed by atoms with E-state index in [1.807, 2.05) is 0 Å². The molecule has 0 atom stereocenters. The molecular weight excluding hydrogens is 279 g/mol. The van der Waals surface area contributed by atoms with Gasteiger partial charge in [0.05, 0.1) is 22.4 Å². The van der Waals surface area contributed by atoms with Gasteiger partial charge in [-0.1, -0.05) is 11.6 Å². The summed E-state index contributed by atoms with van der Waals surface area (Å²) >= 11 is 5.87. The summed E-state index contributed by atoms with van der Waals surface area (Å²) in [5.74, 6) is 0. The second kappa shape index (κ2) is 5.59. The van der Waals surface area contributed by atoms with Gasteiger partial charge in [0.2, 0.25) is 0 Å². The normalized spacial score (nSPS) is 24.3. The molecule has 0 saturated heterocycles. The molecule has 0 aromatic heterocycles. The van der Waals surface area contributed by atoms with Crippen molar-refractivity contribution in [2.75, 3.05) is 5.32 Å². The lowest BCUT2D eigenvalue weighted by atomic mass is 9.93. The molecule has 1 aromatic rings. The molecule has 0 spiro atoms. The van der Waals surface area contributed by atoms with Gasteiger partial charge in [-0.3, -0.25) is 0 Å². The third-order valence-electron chi connectivity index (χ3n) is 3.35. The maximum Gasteiger partial charge on any atom is 0.416 e. The summed E-state index contributed by atoms with van der Waals surface area (Å²) in [4.78, 5) is 0. The van der Waals surface area contributed by atoms with E-state index in [0.29, 0.717) is 18.5 Å². The van der Waals surface area contributed by atoms with Crippen molar-refractivity contribution < 1.29 is 18.3 Å². The summed E-state index contributed by atoms with van der Waals surface area (Å²) < 4.78 is 37.5. The van der Waals surface area contributed by atoms with Gasteiger partial charge >= 0.3 is 6.18 Å². The van der Waals surface area contributed by atoms with Crippen LogP contribution in [0.5, 0.6) is 0 Å². The van der Waals surface area contributed by atoms with Crippen molar-refractivity contribution in [1.29, 1.82) is 0 Å². The van der Waals surface area contributed by atoms with Gasteiger partial charge in [0.15, 0.2) is 0 Å². The Balaban J connectivity index is 2.05. The molecule has 6 heteroatoms. The van der Waals surface area contributed by atoms with Crippen LogP contribution in [0.3, 0.4) is 0 Å². The first kappa shape index (κ1) is 14.5. The second-order valence-electron chi connectivity index (χ2n) is 4.84. The fourth-order valence-electron chi connectivity index (χ4n) is 2.25. The Labute approximate surface area is 114 Å². The summed E-state index contributed by atoms with van der Waals surface area (Å²) in [5.41, 5.74) is -0.238. The van der Waals surface area contributed by atoms with E-state index in [2.05, 4.69) is 5.32 Å². The Kier molecular flexibility index (Phi) is 4.26. The fourth-order valence-corrected chi connectivity index (χ4v) is 2.48. The third kappa shape index (κ3) is 3.76. The largest absolute Gasteiger partial charge is 0.416 e. The van der Waals surface area contributed by atoms with Crippen LogP contribution in [0.4, 0.5) is 18.9 Å². The Hall–Kier alpha value is -0.940. The van der Waals surface area contributed by atoms with Crippen LogP contribution in [0.2, 0.25) is 5.02 Å². The number of nitrogens with one attached hydrogen (secondary N) is 1. The smallest absolute Gasteiger partial charge is 0.393 e. The lowest BCUT2D eigenvalue weighted by Gasteiger charge is -2.27. The first-order valence-electron chi connectivity index (χ1n) is 6.17. The molecule has 0 radical (unpaired) electrons. The third-order valence-corrected chi connectivity index (χ3v) is 3.67. The average Bonchev–Trinajstić information content (AvgIpc) is 2.33. The predicted octanol–water partition coefficient (Wildman–Crippen LogP) is 4.07. The minimum Gasteiger partial charge on any atom is -0.393 e. The summed E-state index contributed by atoms with van der Waals surface area (Å²) in [5, 5.41) is 12.6. The van der Waals surface area contributed by atoms with Crippen LogP contribution in [-0.2, 0) is 6.18 Å². The van der Waals surface area contributed by atoms with Crippen LogP contribution in [-0.4, -0.2) is 17.3 Å². The van der Waals surface area contributed by atoms with E-state index < -0.39 is 11.7 Å². The number of rotatable bonds is 2. The van der Waals surface area contributed by atoms with Crippen LogP contribution in [0.15, 0.2) is 18.2 Å². The predicted molar refractivity (Wildman–Crippen MR) is 68.3 cm³/mol. The van der Waals surface area contributed by atoms with Crippen LogP contribution in [0.1, 0.15) is 31.2 Å². The minimum atomic E-state index is -4.38. The number of hydrogen-bond donors (Lipinski definition) is 2. The topological polar surface area (TPSA) is 32.3 Å². The second-order valence-corrected chi connectivity index (χ2v) is 5.25. The molecule has 0 unspecified atom stereocenters. The molecule has 1 saturated carbocycles. The number of aliphatic hydroxyl groups is 1. The Bertz CT molecular complexity index is 442. The Morgan fingerprint density at radius 2 is 1.79 bits per heavy atom. The minimum absolute atomic E-state index is 0.0703. The number of aliphatic hydroxyl groups excluding tert-OH is 1. The highest BCUT2D eigenvalue weighted by Crippen LogP contribution is 2.34. The zero-order valence-corrected chi connectivity index (χ0v) is 10.9. The summed E-state index contributed by atoms with van der Waals surface area (Å²) in [6.07, 6.45) is -1.65. The van der Waals surface area contributed by atoms with Crippen molar-refractivity contribution in [1.82, 2.24) is 0 Å². The number of hydrogen-bond acceptors (Lipinski definition) is 2. The molecule has 0 amide bonds. The van der Waals surface area contributed by atoms with E-state index in [1.165, 1.54) is 6.07 Å². The van der Waals surface area contributed by atoms with Gasteiger partial charge in [0, 0.05) is 6.04 Å². The van der Waals surface area contributed by atoms with Crippen LogP contribution in [0, 0.1) is 0 Å². The lowest BCUT2D eigenvalue weighted by molar-refractivity contribution is -0.137. The molecule has 1 fully saturated rings. The molecule has 2 nitrogen and oxygen atoms in total. The molecule has 0 heterocycles. The van der Waals surface area contributed by atoms with E-state index in [1.54, 1.807) is 0 Å². The van der Waals surface area contributed by atoms with Gasteiger partial charge in [-0.2, -0.15) is 13.2 Å². The molecule has 1 aliphatic carbocycles. The van der Waals surface area contributed by atoms with Gasteiger partial charge in [0.25, 0.3) is 0 Å². The van der Waals surface area contributed by atoms with Crippen molar-refractivity contribution in [3.63, 3.8) is 0 Å². The number of anilines is 1. The van der Waals surface area contributed by atoms with Gasteiger partial charge in [-0.25, -0.2) is 0 Å². The molecule has 19 heavy (non-hydrogen) atoms. The molecule has 1 aromatic carbocycles. The maximum atomic E-state index is 12.5. The van der Waals surface area contributed by atoms with Crippen LogP contribution >= 0.6 is 11.6 Å². The zero-order valence-electron chi connectivity index (χ0n) is 10.2. The SMILES string of the molecule is OC1CCC(Nc2ccc(C(F)(F)F)cc2Cl)CC1. The van der Waals surface area contributed by atoms with E-state index in [-0.39, 0.29) is 17.2 Å². The van der Waals surface area contributed by atoms with E-state index in [0.717, 1.165) is 25.0 Å². The lowest BCUT2D eigenvalue weighted by Crippen LogP contribution is -2.28. The number of benzene rings is 1. The van der Waals surface area contributed by atoms with Crippen molar-refractivity contribution in [2.24, 2.45) is 0 Å². The van der Waals surface area contributed by atoms with Gasteiger partial charge in [-0.15, -0.1) is 0 Å². The van der Waals surface area contributed by atoms with Crippen LogP contribution < -0.4 is 5.32 Å². The first-order chi connectivity index (χ1) is 8.86. The van der Waals surface area contributed by atoms with Crippen molar-refractivity contribution in [3.05, 3.63) is 28.8 Å². The first-order valence-corrected chi connectivity index (χ1v) is 6.55. The van der Waals surface area contributed by atoms with E-state index in [9.17, 15) is 18.3 Å². The standard InChI is InChI=1S/C13H15ClF3NO/c14-11-7-8(13(15,16)17)1-6-12(11)18-9-2-4-10(19)5-3-9/h1,6-7,9-10,18-19H,2-5H2. The van der Waals surface area contributed by atoms with Gasteiger partial charge in [0.1, 0.15) is 0 Å². The number of alkyl halides is 3. The highest BCUT2D eigenvalue weighted by atomic mass is 35.5. The summed E-state index contributed by atoms with van der Waals surface area (Å²) in [7, 11) is 0. The molecule has 0 aliphatic heterocycles. The molecule has 2 rings (SSSR count). The molecule has 2 N–H and O–H groups in total. The highest BCUT2D eigenvalue weighted by molar-refractivity contribution is 6.33. The maximum absolute atomic E-state index is 12.5. The molecule has 106 valence electrons. The average molecular weight is 294 g/mol. The van der Waals surface area contributed by atoms with Gasteiger partial charge in [-0.05, 0) is 43.9 Å². The Morgan fingerprint density at radius 3 is 2.32 bits per heavy atom. The van der Waals surface area contributed by atoms with E-state index >= 15 is 0 Å². The fraction of sp³-hybridized carbons (Fsp3) is 0.538. The van der Waals surface area contributed by atoms with Crippen molar-refractivity contribution in [2.45, 2.75) is 44.0 Å².